The van der Waals surface area contributed by atoms with Crippen LogP contribution in [0.1, 0.15) is 28.4 Å². The molecule has 0 aliphatic carbocycles. The molecule has 0 bridgehead atoms. The highest BCUT2D eigenvalue weighted by Gasteiger charge is 2.26. The molecule has 0 aliphatic heterocycles. The number of rotatable bonds is 5. The van der Waals surface area contributed by atoms with Gasteiger partial charge in [0.15, 0.2) is 0 Å². The first-order valence-electron chi connectivity index (χ1n) is 4.94. The Hall–Kier alpha value is -1.63. The zero-order chi connectivity index (χ0) is 13.9. The number of aliphatic hydroxyl groups excluding tert-OH is 2. The van der Waals surface area contributed by atoms with Gasteiger partial charge in [-0.15, -0.1) is 0 Å². The molecule has 1 aromatic carbocycles. The van der Waals surface area contributed by atoms with Crippen molar-refractivity contribution in [3.05, 3.63) is 34.3 Å². The van der Waals surface area contributed by atoms with Crippen molar-refractivity contribution >= 4 is 23.5 Å². The summed E-state index contributed by atoms with van der Waals surface area (Å²) in [5.74, 6) is -2.67. The van der Waals surface area contributed by atoms with Gasteiger partial charge < -0.3 is 20.4 Å². The summed E-state index contributed by atoms with van der Waals surface area (Å²) < 4.78 is 0. The van der Waals surface area contributed by atoms with Gasteiger partial charge in [-0.1, -0.05) is 23.7 Å². The number of halogens is 1. The Labute approximate surface area is 107 Å². The van der Waals surface area contributed by atoms with Crippen LogP contribution in [-0.4, -0.2) is 38.5 Å². The van der Waals surface area contributed by atoms with Crippen molar-refractivity contribution in [1.29, 1.82) is 0 Å². The van der Waals surface area contributed by atoms with Crippen molar-refractivity contribution < 1.29 is 30.0 Å². The molecule has 18 heavy (non-hydrogen) atoms. The Morgan fingerprint density at radius 3 is 2.33 bits per heavy atom. The lowest BCUT2D eigenvalue weighted by molar-refractivity contribution is -0.141. The van der Waals surface area contributed by atoms with Gasteiger partial charge in [-0.3, -0.25) is 4.79 Å². The predicted molar refractivity (Wildman–Crippen MR) is 61.6 cm³/mol. The summed E-state index contributed by atoms with van der Waals surface area (Å²) in [7, 11) is 0. The Kier molecular flexibility index (Phi) is 4.66. The zero-order valence-corrected chi connectivity index (χ0v) is 9.83. The first kappa shape index (κ1) is 14.4. The van der Waals surface area contributed by atoms with Crippen molar-refractivity contribution in [3.63, 3.8) is 0 Å². The van der Waals surface area contributed by atoms with Crippen LogP contribution in [0.25, 0.3) is 0 Å². The largest absolute Gasteiger partial charge is 0.481 e. The molecule has 0 saturated carbocycles. The number of carboxylic acids is 2. The van der Waals surface area contributed by atoms with Gasteiger partial charge in [-0.2, -0.15) is 0 Å². The topological polar surface area (TPSA) is 115 Å². The van der Waals surface area contributed by atoms with Crippen LogP contribution >= 0.6 is 11.6 Å². The number of carbonyl (C=O) groups is 2. The maximum absolute atomic E-state index is 11.0. The highest BCUT2D eigenvalue weighted by molar-refractivity contribution is 6.33. The molecule has 98 valence electrons. The molecule has 0 aliphatic rings. The highest BCUT2D eigenvalue weighted by atomic mass is 35.5. The fraction of sp³-hybridized carbons (Fsp3) is 0.273. The summed E-state index contributed by atoms with van der Waals surface area (Å²) in [5.41, 5.74) is -0.472. The van der Waals surface area contributed by atoms with Gasteiger partial charge in [0, 0.05) is 0 Å². The molecule has 0 aromatic heterocycles. The van der Waals surface area contributed by atoms with E-state index in [2.05, 4.69) is 0 Å². The molecule has 2 unspecified atom stereocenters. The van der Waals surface area contributed by atoms with E-state index in [0.29, 0.717) is 0 Å². The second-order valence-corrected chi connectivity index (χ2v) is 4.03. The smallest absolute Gasteiger partial charge is 0.337 e. The molecular formula is C11H11ClO6. The quantitative estimate of drug-likeness (QED) is 0.634. The molecule has 7 heteroatoms. The number of aromatic carboxylic acids is 1. The molecule has 4 N–H and O–H groups in total. The monoisotopic (exact) mass is 274 g/mol. The first-order chi connectivity index (χ1) is 8.34. The summed E-state index contributed by atoms with van der Waals surface area (Å²) in [4.78, 5) is 21.4. The molecule has 0 fully saturated rings. The average molecular weight is 275 g/mol. The standard InChI is InChI=1S/C11H11ClO6/c12-6-3-1-2-5(9(6)11(17)18)10(16)7(13)4-8(14)15/h1-3,7,10,13,16H,4H2,(H,14,15)(H,17,18). The van der Waals surface area contributed by atoms with E-state index < -0.39 is 30.6 Å². The third-order valence-electron chi connectivity index (χ3n) is 2.33. The van der Waals surface area contributed by atoms with Gasteiger partial charge in [0.1, 0.15) is 6.10 Å². The fourth-order valence-corrected chi connectivity index (χ4v) is 1.77. The Balaban J connectivity index is 3.12. The van der Waals surface area contributed by atoms with Gasteiger partial charge in [-0.05, 0) is 11.6 Å². The molecule has 1 aromatic rings. The molecule has 0 saturated heterocycles. The maximum Gasteiger partial charge on any atom is 0.337 e. The maximum atomic E-state index is 11.0. The Morgan fingerprint density at radius 2 is 1.83 bits per heavy atom. The number of hydrogen-bond acceptors (Lipinski definition) is 4. The fourth-order valence-electron chi connectivity index (χ4n) is 1.51. The van der Waals surface area contributed by atoms with Crippen LogP contribution in [-0.2, 0) is 4.79 Å². The molecule has 0 heterocycles. The lowest BCUT2D eigenvalue weighted by Gasteiger charge is -2.18. The minimum Gasteiger partial charge on any atom is -0.481 e. The van der Waals surface area contributed by atoms with Crippen LogP contribution in [0, 0.1) is 0 Å². The average Bonchev–Trinajstić information content (AvgIpc) is 2.26. The predicted octanol–water partition coefficient (Wildman–Crippen LogP) is 0.907. The van der Waals surface area contributed by atoms with Crippen LogP contribution in [0.15, 0.2) is 18.2 Å². The number of carboxylic acid groups (broad SMARTS) is 2. The van der Waals surface area contributed by atoms with E-state index in [0.717, 1.165) is 0 Å². The van der Waals surface area contributed by atoms with Gasteiger partial charge in [0.2, 0.25) is 0 Å². The summed E-state index contributed by atoms with van der Waals surface area (Å²) in [6.45, 7) is 0. The number of hydrogen-bond donors (Lipinski definition) is 4. The van der Waals surface area contributed by atoms with Gasteiger partial charge in [0.05, 0.1) is 23.1 Å². The molecule has 2 atom stereocenters. The van der Waals surface area contributed by atoms with Crippen molar-refractivity contribution in [1.82, 2.24) is 0 Å². The molecule has 0 spiro atoms. The van der Waals surface area contributed by atoms with Crippen molar-refractivity contribution in [2.24, 2.45) is 0 Å². The highest BCUT2D eigenvalue weighted by Crippen LogP contribution is 2.28. The van der Waals surface area contributed by atoms with Crippen molar-refractivity contribution in [2.45, 2.75) is 18.6 Å². The second kappa shape index (κ2) is 5.81. The minimum absolute atomic E-state index is 0.0958. The molecule has 0 amide bonds. The molecule has 6 nitrogen and oxygen atoms in total. The van der Waals surface area contributed by atoms with E-state index >= 15 is 0 Å². The SMILES string of the molecule is O=C(O)CC(O)C(O)c1cccc(Cl)c1C(=O)O. The Bertz CT molecular complexity index is 473. The van der Waals surface area contributed by atoms with Crippen LogP contribution in [0.2, 0.25) is 5.02 Å². The van der Waals surface area contributed by atoms with Crippen molar-refractivity contribution in [2.75, 3.05) is 0 Å². The summed E-state index contributed by atoms with van der Waals surface area (Å²) in [6, 6.07) is 4.00. The summed E-state index contributed by atoms with van der Waals surface area (Å²) in [6.07, 6.45) is -3.95. The van der Waals surface area contributed by atoms with E-state index in [-0.39, 0.29) is 16.1 Å². The van der Waals surface area contributed by atoms with E-state index in [1.165, 1.54) is 18.2 Å². The van der Waals surface area contributed by atoms with Gasteiger partial charge in [0.25, 0.3) is 0 Å². The molecular weight excluding hydrogens is 264 g/mol. The molecule has 0 radical (unpaired) electrons. The van der Waals surface area contributed by atoms with E-state index in [4.69, 9.17) is 21.8 Å². The van der Waals surface area contributed by atoms with Crippen molar-refractivity contribution in [3.8, 4) is 0 Å². The lowest BCUT2D eigenvalue weighted by atomic mass is 9.97. The second-order valence-electron chi connectivity index (χ2n) is 3.62. The lowest BCUT2D eigenvalue weighted by Crippen LogP contribution is -2.23. The normalized spacial score (nSPS) is 13.9. The minimum atomic E-state index is -1.63. The number of aliphatic hydroxyl groups is 2. The van der Waals surface area contributed by atoms with Crippen LogP contribution in [0.3, 0.4) is 0 Å². The van der Waals surface area contributed by atoms with Gasteiger partial charge in [-0.25, -0.2) is 4.79 Å². The van der Waals surface area contributed by atoms with Crippen LogP contribution in [0.5, 0.6) is 0 Å². The Morgan fingerprint density at radius 1 is 1.22 bits per heavy atom. The third-order valence-corrected chi connectivity index (χ3v) is 2.64. The summed E-state index contributed by atoms with van der Waals surface area (Å²) in [5, 5.41) is 36.6. The number of benzene rings is 1. The third kappa shape index (κ3) is 3.19. The van der Waals surface area contributed by atoms with Gasteiger partial charge >= 0.3 is 11.9 Å². The van der Waals surface area contributed by atoms with E-state index in [1.54, 1.807) is 0 Å². The van der Waals surface area contributed by atoms with Crippen LogP contribution in [0.4, 0.5) is 0 Å². The first-order valence-corrected chi connectivity index (χ1v) is 5.32. The van der Waals surface area contributed by atoms with Crippen LogP contribution < -0.4 is 0 Å². The number of aliphatic carboxylic acids is 1. The van der Waals surface area contributed by atoms with E-state index in [1.807, 2.05) is 0 Å². The summed E-state index contributed by atoms with van der Waals surface area (Å²) >= 11 is 5.69. The zero-order valence-electron chi connectivity index (χ0n) is 9.08. The van der Waals surface area contributed by atoms with E-state index in [9.17, 15) is 19.8 Å². The molecule has 1 rings (SSSR count).